The van der Waals surface area contributed by atoms with Crippen LogP contribution in [0.1, 0.15) is 28.3 Å². The van der Waals surface area contributed by atoms with E-state index in [0.717, 1.165) is 36.3 Å². The summed E-state index contributed by atoms with van der Waals surface area (Å²) in [5.41, 5.74) is 5.78. The molecule has 1 atom stereocenters. The molecular weight excluding hydrogens is 460 g/mol. The van der Waals surface area contributed by atoms with E-state index in [1.54, 1.807) is 12.1 Å². The molecule has 3 aromatic carbocycles. The zero-order chi connectivity index (χ0) is 24.8. The van der Waals surface area contributed by atoms with E-state index >= 15 is 0 Å². The molecule has 0 spiro atoms. The molecular formula is C28H31ClN4O2. The van der Waals surface area contributed by atoms with Gasteiger partial charge in [0, 0.05) is 51.0 Å². The van der Waals surface area contributed by atoms with Crippen LogP contribution in [0.15, 0.2) is 72.8 Å². The number of carbonyl (C=O) groups is 2. The van der Waals surface area contributed by atoms with Gasteiger partial charge in [-0.05, 0) is 52.9 Å². The summed E-state index contributed by atoms with van der Waals surface area (Å²) in [4.78, 5) is 29.5. The minimum absolute atomic E-state index is 0.0485. The fraction of sp³-hybridized carbons (Fsp3) is 0.286. The smallest absolute Gasteiger partial charge is 0.309 e. The highest BCUT2D eigenvalue weighted by molar-refractivity contribution is 6.35. The summed E-state index contributed by atoms with van der Waals surface area (Å²) >= 11 is 5.90. The standard InChI is InChI=1S/C28H31ClN4O2/c1-32(2)25-13-9-22(10-14-25)26(33-16-15-21-5-3-4-6-23(21)19-33)18-31-28(35)27(34)30-17-20-7-11-24(29)12-8-20/h3-14,26H,15-19H2,1-2H3,(H,30,34)(H,31,35). The average molecular weight is 491 g/mol. The zero-order valence-corrected chi connectivity index (χ0v) is 20.9. The third kappa shape index (κ3) is 6.41. The van der Waals surface area contributed by atoms with Crippen LogP contribution in [0, 0.1) is 0 Å². The van der Waals surface area contributed by atoms with Crippen molar-refractivity contribution in [3.05, 3.63) is 100 Å². The molecule has 0 saturated heterocycles. The van der Waals surface area contributed by atoms with E-state index in [1.165, 1.54) is 11.1 Å². The predicted molar refractivity (Wildman–Crippen MR) is 140 cm³/mol. The molecule has 0 saturated carbocycles. The van der Waals surface area contributed by atoms with Gasteiger partial charge < -0.3 is 15.5 Å². The van der Waals surface area contributed by atoms with Crippen LogP contribution in [0.5, 0.6) is 0 Å². The third-order valence-electron chi connectivity index (χ3n) is 6.42. The normalized spacial score (nSPS) is 14.0. The molecule has 1 aliphatic heterocycles. The average Bonchev–Trinajstić information content (AvgIpc) is 2.88. The Bertz CT molecular complexity index is 1160. The first-order chi connectivity index (χ1) is 16.9. The summed E-state index contributed by atoms with van der Waals surface area (Å²) < 4.78 is 0. The summed E-state index contributed by atoms with van der Waals surface area (Å²) in [7, 11) is 4.02. The molecule has 0 aliphatic carbocycles. The number of hydrogen-bond acceptors (Lipinski definition) is 4. The molecule has 35 heavy (non-hydrogen) atoms. The van der Waals surface area contributed by atoms with Crippen LogP contribution in [-0.4, -0.2) is 43.9 Å². The number of rotatable bonds is 7. The van der Waals surface area contributed by atoms with Gasteiger partial charge in [0.15, 0.2) is 0 Å². The first-order valence-corrected chi connectivity index (χ1v) is 12.2. The molecule has 0 aromatic heterocycles. The van der Waals surface area contributed by atoms with Crippen molar-refractivity contribution in [1.82, 2.24) is 15.5 Å². The number of anilines is 1. The molecule has 0 bridgehead atoms. The number of nitrogens with zero attached hydrogens (tertiary/aromatic N) is 2. The summed E-state index contributed by atoms with van der Waals surface area (Å²) in [6.07, 6.45) is 0.956. The fourth-order valence-corrected chi connectivity index (χ4v) is 4.50. The largest absolute Gasteiger partial charge is 0.378 e. The van der Waals surface area contributed by atoms with E-state index < -0.39 is 11.8 Å². The SMILES string of the molecule is CN(C)c1ccc(C(CNC(=O)C(=O)NCc2ccc(Cl)cc2)N2CCc3ccccc3C2)cc1. The van der Waals surface area contributed by atoms with Crippen molar-refractivity contribution in [2.24, 2.45) is 0 Å². The van der Waals surface area contributed by atoms with Crippen molar-refractivity contribution in [1.29, 1.82) is 0 Å². The van der Waals surface area contributed by atoms with Gasteiger partial charge in [-0.25, -0.2) is 0 Å². The van der Waals surface area contributed by atoms with Crippen molar-refractivity contribution >= 4 is 29.1 Å². The highest BCUT2D eigenvalue weighted by Gasteiger charge is 2.26. The molecule has 6 nitrogen and oxygen atoms in total. The molecule has 1 aliphatic rings. The van der Waals surface area contributed by atoms with Crippen LogP contribution >= 0.6 is 11.6 Å². The Labute approximate surface area is 211 Å². The van der Waals surface area contributed by atoms with Gasteiger partial charge in [-0.3, -0.25) is 14.5 Å². The predicted octanol–water partition coefficient (Wildman–Crippen LogP) is 3.94. The van der Waals surface area contributed by atoms with Gasteiger partial charge in [-0.2, -0.15) is 0 Å². The van der Waals surface area contributed by atoms with Gasteiger partial charge in [0.25, 0.3) is 0 Å². The zero-order valence-electron chi connectivity index (χ0n) is 20.1. The lowest BCUT2D eigenvalue weighted by atomic mass is 9.96. The fourth-order valence-electron chi connectivity index (χ4n) is 4.37. The Kier molecular flexibility index (Phi) is 8.06. The first-order valence-electron chi connectivity index (χ1n) is 11.8. The molecule has 4 rings (SSSR count). The Morgan fingerprint density at radius 3 is 2.26 bits per heavy atom. The number of halogens is 1. The Morgan fingerprint density at radius 1 is 0.914 bits per heavy atom. The topological polar surface area (TPSA) is 64.7 Å². The van der Waals surface area contributed by atoms with E-state index in [-0.39, 0.29) is 12.6 Å². The van der Waals surface area contributed by atoms with Crippen LogP contribution in [0.25, 0.3) is 0 Å². The summed E-state index contributed by atoms with van der Waals surface area (Å²) in [6.45, 7) is 2.29. The van der Waals surface area contributed by atoms with Crippen molar-refractivity contribution < 1.29 is 9.59 Å². The molecule has 3 aromatic rings. The number of fused-ring (bicyclic) bond motifs is 1. The minimum atomic E-state index is -0.648. The van der Waals surface area contributed by atoms with Gasteiger partial charge in [0.1, 0.15) is 0 Å². The number of carbonyl (C=O) groups excluding carboxylic acids is 2. The summed E-state index contributed by atoms with van der Waals surface area (Å²) in [6, 6.07) is 24.0. The highest BCUT2D eigenvalue weighted by Crippen LogP contribution is 2.28. The van der Waals surface area contributed by atoms with Crippen molar-refractivity contribution in [3.8, 4) is 0 Å². The minimum Gasteiger partial charge on any atom is -0.378 e. The van der Waals surface area contributed by atoms with E-state index in [2.05, 4.69) is 69.0 Å². The van der Waals surface area contributed by atoms with Crippen LogP contribution < -0.4 is 15.5 Å². The Balaban J connectivity index is 1.43. The first kappa shape index (κ1) is 24.8. The number of hydrogen-bond donors (Lipinski definition) is 2. The molecule has 1 heterocycles. The maximum Gasteiger partial charge on any atom is 0.309 e. The molecule has 1 unspecified atom stereocenters. The van der Waals surface area contributed by atoms with E-state index in [1.807, 2.05) is 26.2 Å². The molecule has 0 radical (unpaired) electrons. The maximum absolute atomic E-state index is 12.6. The summed E-state index contributed by atoms with van der Waals surface area (Å²) in [5.74, 6) is -1.28. The van der Waals surface area contributed by atoms with Crippen LogP contribution in [0.2, 0.25) is 5.02 Å². The van der Waals surface area contributed by atoms with Crippen molar-refractivity contribution in [2.75, 3.05) is 32.1 Å². The second kappa shape index (κ2) is 11.4. The van der Waals surface area contributed by atoms with Gasteiger partial charge in [0.2, 0.25) is 0 Å². The molecule has 2 N–H and O–H groups in total. The van der Waals surface area contributed by atoms with E-state index in [0.29, 0.717) is 11.6 Å². The number of amides is 2. The van der Waals surface area contributed by atoms with Gasteiger partial charge >= 0.3 is 11.8 Å². The Hall–Kier alpha value is -3.35. The monoisotopic (exact) mass is 490 g/mol. The van der Waals surface area contributed by atoms with Crippen LogP contribution in [0.3, 0.4) is 0 Å². The van der Waals surface area contributed by atoms with Crippen molar-refractivity contribution in [2.45, 2.75) is 25.6 Å². The quantitative estimate of drug-likeness (QED) is 0.492. The number of nitrogens with one attached hydrogen (secondary N) is 2. The molecule has 7 heteroatoms. The van der Waals surface area contributed by atoms with E-state index in [4.69, 9.17) is 11.6 Å². The lowest BCUT2D eigenvalue weighted by molar-refractivity contribution is -0.139. The maximum atomic E-state index is 12.6. The molecule has 2 amide bonds. The molecule has 182 valence electrons. The highest BCUT2D eigenvalue weighted by atomic mass is 35.5. The lowest BCUT2D eigenvalue weighted by Gasteiger charge is -2.36. The second-order valence-corrected chi connectivity index (χ2v) is 9.45. The van der Waals surface area contributed by atoms with Gasteiger partial charge in [-0.1, -0.05) is 60.1 Å². The van der Waals surface area contributed by atoms with E-state index in [9.17, 15) is 9.59 Å². The van der Waals surface area contributed by atoms with Gasteiger partial charge in [-0.15, -0.1) is 0 Å². The lowest BCUT2D eigenvalue weighted by Crippen LogP contribution is -2.45. The Morgan fingerprint density at radius 2 is 1.57 bits per heavy atom. The van der Waals surface area contributed by atoms with Crippen LogP contribution in [0.4, 0.5) is 5.69 Å². The third-order valence-corrected chi connectivity index (χ3v) is 6.68. The number of benzene rings is 3. The van der Waals surface area contributed by atoms with Gasteiger partial charge in [0.05, 0.1) is 6.04 Å². The van der Waals surface area contributed by atoms with Crippen LogP contribution in [-0.2, 0) is 29.1 Å². The van der Waals surface area contributed by atoms with Crippen molar-refractivity contribution in [3.63, 3.8) is 0 Å². The second-order valence-electron chi connectivity index (χ2n) is 9.01. The summed E-state index contributed by atoms with van der Waals surface area (Å²) in [5, 5.41) is 6.17. The molecule has 0 fully saturated rings.